The number of amides is 3. The molecule has 0 aromatic heterocycles. The van der Waals surface area contributed by atoms with Crippen molar-refractivity contribution in [3.05, 3.63) is 58.4 Å². The lowest BCUT2D eigenvalue weighted by Crippen LogP contribution is -2.48. The van der Waals surface area contributed by atoms with Crippen molar-refractivity contribution in [3.8, 4) is 23.3 Å². The van der Waals surface area contributed by atoms with E-state index in [1.165, 1.54) is 21.9 Å². The van der Waals surface area contributed by atoms with Crippen molar-refractivity contribution in [3.63, 3.8) is 0 Å². The molecule has 2 aliphatic rings. The summed E-state index contributed by atoms with van der Waals surface area (Å²) in [5.74, 6) is -1.57. The smallest absolute Gasteiger partial charge is 0.410 e. The molecule has 0 bridgehead atoms. The molecule has 10 nitrogen and oxygen atoms in total. The predicted octanol–water partition coefficient (Wildman–Crippen LogP) is 3.53. The lowest BCUT2D eigenvalue weighted by molar-refractivity contribution is -0.133. The van der Waals surface area contributed by atoms with Gasteiger partial charge in [-0.2, -0.15) is 10.5 Å². The fourth-order valence-corrected chi connectivity index (χ4v) is 4.85. The van der Waals surface area contributed by atoms with E-state index in [-0.39, 0.29) is 43.2 Å². The zero-order chi connectivity index (χ0) is 29.9. The second-order valence-electron chi connectivity index (χ2n) is 11.2. The van der Waals surface area contributed by atoms with E-state index in [1.807, 2.05) is 6.07 Å². The number of rotatable bonds is 4. The second-order valence-corrected chi connectivity index (χ2v) is 11.2. The molecule has 2 aliphatic heterocycles. The molecule has 2 aromatic rings. The van der Waals surface area contributed by atoms with E-state index in [9.17, 15) is 24.9 Å². The molecule has 2 heterocycles. The van der Waals surface area contributed by atoms with Gasteiger partial charge in [0, 0.05) is 38.7 Å². The van der Waals surface area contributed by atoms with Crippen molar-refractivity contribution in [2.75, 3.05) is 26.7 Å². The molecule has 3 amide bonds. The zero-order valence-corrected chi connectivity index (χ0v) is 23.5. The van der Waals surface area contributed by atoms with Crippen LogP contribution in [-0.2, 0) is 27.2 Å². The van der Waals surface area contributed by atoms with Crippen molar-refractivity contribution in [2.45, 2.75) is 57.9 Å². The van der Waals surface area contributed by atoms with Gasteiger partial charge >= 0.3 is 6.09 Å². The summed E-state index contributed by atoms with van der Waals surface area (Å²) >= 11 is 0. The van der Waals surface area contributed by atoms with Crippen LogP contribution in [0.15, 0.2) is 30.3 Å². The van der Waals surface area contributed by atoms with Crippen molar-refractivity contribution in [2.24, 2.45) is 0 Å². The van der Waals surface area contributed by atoms with Gasteiger partial charge in [0.2, 0.25) is 0 Å². The number of nitrogens with one attached hydrogen (secondary N) is 1. The molecule has 4 rings (SSSR count). The van der Waals surface area contributed by atoms with E-state index in [2.05, 4.69) is 11.4 Å². The average Bonchev–Trinajstić information content (AvgIpc) is 3.23. The first-order valence-electron chi connectivity index (χ1n) is 13.3. The lowest BCUT2D eigenvalue weighted by Gasteiger charge is -2.27. The van der Waals surface area contributed by atoms with Crippen molar-refractivity contribution in [1.82, 2.24) is 15.1 Å². The molecule has 0 unspecified atom stereocenters. The molecule has 0 aliphatic carbocycles. The van der Waals surface area contributed by atoms with Crippen molar-refractivity contribution in [1.29, 1.82) is 10.5 Å². The summed E-state index contributed by atoms with van der Waals surface area (Å²) in [6.07, 6.45) is -1.29. The topological polar surface area (TPSA) is 136 Å². The number of nitriles is 2. The highest BCUT2D eigenvalue weighted by Gasteiger charge is 2.32. The largest absolute Gasteiger partial charge is 0.444 e. The van der Waals surface area contributed by atoms with Crippen LogP contribution in [0.2, 0.25) is 0 Å². The highest BCUT2D eigenvalue weighted by molar-refractivity contribution is 6.02. The Labute approximate surface area is 238 Å². The van der Waals surface area contributed by atoms with Crippen LogP contribution >= 0.6 is 0 Å². The molecule has 1 saturated heterocycles. The summed E-state index contributed by atoms with van der Waals surface area (Å²) in [5.41, 5.74) is 1.84. The summed E-state index contributed by atoms with van der Waals surface area (Å²) < 4.78 is 26.5. The highest BCUT2D eigenvalue weighted by Crippen LogP contribution is 2.34. The standard InChI is InChI=1S/C30H32FN5O5/c1-30(2,3)41-29(39)36-8-5-9-40-26(17-36)27(37)34-21(15-33)11-19-12-24-23(13-25(19)31)22-7-6-18(14-32)10-20(22)16-35(4)28(24)38/h6-7,10,12-13,21,26H,5,8-9,11,16-17H2,1-4H3,(H,34,37)/t21-,26-/m0/s1. The fourth-order valence-electron chi connectivity index (χ4n) is 4.85. The van der Waals surface area contributed by atoms with E-state index in [1.54, 1.807) is 46.0 Å². The molecular weight excluding hydrogens is 529 g/mol. The van der Waals surface area contributed by atoms with Gasteiger partial charge < -0.3 is 24.6 Å². The Morgan fingerprint density at radius 3 is 2.63 bits per heavy atom. The number of ether oxygens (including phenoxy) is 2. The number of benzene rings is 2. The Bertz CT molecular complexity index is 1450. The summed E-state index contributed by atoms with van der Waals surface area (Å²) in [5, 5.41) is 21.7. The van der Waals surface area contributed by atoms with E-state index < -0.39 is 35.6 Å². The Hall–Kier alpha value is -4.48. The van der Waals surface area contributed by atoms with Gasteiger partial charge in [-0.1, -0.05) is 6.07 Å². The van der Waals surface area contributed by atoms with Crippen LogP contribution in [0.5, 0.6) is 0 Å². The minimum Gasteiger partial charge on any atom is -0.444 e. The van der Waals surface area contributed by atoms with Gasteiger partial charge in [0.25, 0.3) is 11.8 Å². The van der Waals surface area contributed by atoms with E-state index in [0.29, 0.717) is 29.7 Å². The third kappa shape index (κ3) is 6.82. The third-order valence-corrected chi connectivity index (χ3v) is 6.81. The minimum atomic E-state index is -1.12. The van der Waals surface area contributed by atoms with Gasteiger partial charge in [-0.3, -0.25) is 9.59 Å². The number of nitrogens with zero attached hydrogens (tertiary/aromatic N) is 4. The second kappa shape index (κ2) is 11.9. The fraction of sp³-hybridized carbons (Fsp3) is 0.433. The number of carbonyl (C=O) groups is 3. The minimum absolute atomic E-state index is 0.0557. The van der Waals surface area contributed by atoms with Crippen LogP contribution in [0.4, 0.5) is 9.18 Å². The molecule has 0 saturated carbocycles. The molecule has 0 spiro atoms. The van der Waals surface area contributed by atoms with E-state index in [0.717, 1.165) is 5.56 Å². The van der Waals surface area contributed by atoms with Crippen LogP contribution in [0.3, 0.4) is 0 Å². The molecule has 1 N–H and O–H groups in total. The van der Waals surface area contributed by atoms with E-state index >= 15 is 4.39 Å². The van der Waals surface area contributed by atoms with Crippen LogP contribution in [0.1, 0.15) is 54.2 Å². The molecule has 0 radical (unpaired) electrons. The quantitative estimate of drug-likeness (QED) is 0.603. The maximum Gasteiger partial charge on any atom is 0.410 e. The summed E-state index contributed by atoms with van der Waals surface area (Å²) in [6.45, 7) is 6.02. The van der Waals surface area contributed by atoms with Crippen LogP contribution in [0.25, 0.3) is 11.1 Å². The normalized spacial score (nSPS) is 17.6. The first-order valence-corrected chi connectivity index (χ1v) is 13.3. The Morgan fingerprint density at radius 2 is 1.95 bits per heavy atom. The molecule has 1 fully saturated rings. The zero-order valence-electron chi connectivity index (χ0n) is 23.5. The van der Waals surface area contributed by atoms with Gasteiger partial charge in [0.15, 0.2) is 6.10 Å². The first kappa shape index (κ1) is 29.5. The Kier molecular flexibility index (Phi) is 8.60. The summed E-state index contributed by atoms with van der Waals surface area (Å²) in [7, 11) is 1.62. The number of fused-ring (bicyclic) bond motifs is 3. The van der Waals surface area contributed by atoms with Crippen LogP contribution < -0.4 is 5.32 Å². The summed E-state index contributed by atoms with van der Waals surface area (Å²) in [6, 6.07) is 10.6. The third-order valence-electron chi connectivity index (χ3n) is 6.81. The predicted molar refractivity (Wildman–Crippen MR) is 146 cm³/mol. The van der Waals surface area contributed by atoms with Gasteiger partial charge in [0.1, 0.15) is 17.5 Å². The summed E-state index contributed by atoms with van der Waals surface area (Å²) in [4.78, 5) is 41.7. The number of hydrogen-bond acceptors (Lipinski definition) is 7. The Balaban J connectivity index is 1.53. The average molecular weight is 562 g/mol. The van der Waals surface area contributed by atoms with Gasteiger partial charge in [0.05, 0.1) is 24.2 Å². The van der Waals surface area contributed by atoms with Crippen LogP contribution in [0, 0.1) is 28.5 Å². The van der Waals surface area contributed by atoms with E-state index in [4.69, 9.17) is 9.47 Å². The van der Waals surface area contributed by atoms with Crippen molar-refractivity contribution < 1.29 is 28.2 Å². The maximum absolute atomic E-state index is 15.4. The maximum atomic E-state index is 15.4. The monoisotopic (exact) mass is 561 g/mol. The van der Waals surface area contributed by atoms with Gasteiger partial charge in [-0.05, 0) is 73.7 Å². The Morgan fingerprint density at radius 1 is 1.20 bits per heavy atom. The molecule has 2 aromatic carbocycles. The first-order chi connectivity index (χ1) is 19.4. The number of carbonyl (C=O) groups excluding carboxylic acids is 3. The molecule has 41 heavy (non-hydrogen) atoms. The van der Waals surface area contributed by atoms with Crippen molar-refractivity contribution >= 4 is 17.9 Å². The highest BCUT2D eigenvalue weighted by atomic mass is 19.1. The SMILES string of the molecule is CN1Cc2cc(C#N)ccc2-c2cc(F)c(C[C@@H](C#N)NC(=O)[C@@H]3CN(C(=O)OC(C)(C)C)CCCO3)cc2C1=O. The number of hydrogen-bond donors (Lipinski definition) is 1. The molecular formula is C30H32FN5O5. The van der Waals surface area contributed by atoms with Gasteiger partial charge in [-0.15, -0.1) is 0 Å². The lowest BCUT2D eigenvalue weighted by atomic mass is 9.92. The number of halogens is 1. The van der Waals surface area contributed by atoms with Gasteiger partial charge in [-0.25, -0.2) is 9.18 Å². The molecule has 2 atom stereocenters. The molecule has 214 valence electrons. The van der Waals surface area contributed by atoms with Crippen LogP contribution in [-0.4, -0.2) is 72.2 Å². The molecule has 11 heteroatoms.